The summed E-state index contributed by atoms with van der Waals surface area (Å²) in [5.41, 5.74) is -0.617. The number of morpholine rings is 1. The van der Waals surface area contributed by atoms with E-state index in [0.717, 1.165) is 12.1 Å². The molecule has 2 heterocycles. The molecule has 170 valence electrons. The van der Waals surface area contributed by atoms with Crippen molar-refractivity contribution in [1.29, 1.82) is 0 Å². The number of hydrogen-bond acceptors (Lipinski definition) is 5. The molecule has 1 aromatic carbocycles. The number of carbonyl (C=O) groups is 3. The molecule has 7 nitrogen and oxygen atoms in total. The molecular weight excluding hydrogens is 435 g/mol. The molecule has 3 rings (SSSR count). The summed E-state index contributed by atoms with van der Waals surface area (Å²) in [6, 6.07) is 4.13. The van der Waals surface area contributed by atoms with Crippen molar-refractivity contribution in [2.45, 2.75) is 6.18 Å². The van der Waals surface area contributed by atoms with E-state index in [1.165, 1.54) is 28.8 Å². The van der Waals surface area contributed by atoms with E-state index >= 15 is 0 Å². The minimum atomic E-state index is -4.45. The third-order valence-corrected chi connectivity index (χ3v) is 6.10. The third-order valence-electron chi connectivity index (χ3n) is 5.19. The number of amides is 3. The lowest BCUT2D eigenvalue weighted by molar-refractivity contribution is -0.137. The van der Waals surface area contributed by atoms with Crippen LogP contribution in [0.2, 0.25) is 0 Å². The average molecular weight is 459 g/mol. The Morgan fingerprint density at radius 3 is 1.81 bits per heavy atom. The van der Waals surface area contributed by atoms with Crippen LogP contribution in [0.4, 0.5) is 13.2 Å². The molecule has 2 aliphatic rings. The van der Waals surface area contributed by atoms with Crippen LogP contribution in [0.5, 0.6) is 0 Å². The number of halogens is 3. The SMILES string of the molecule is O=C(CSCC(=O)N1CCN(C(=O)c2ccc(C(F)(F)F)cc2)CC1)N1CCOCC1. The predicted octanol–water partition coefficient (Wildman–Crippen LogP) is 1.58. The van der Waals surface area contributed by atoms with Gasteiger partial charge in [-0.3, -0.25) is 14.4 Å². The van der Waals surface area contributed by atoms with Gasteiger partial charge in [-0.1, -0.05) is 0 Å². The van der Waals surface area contributed by atoms with E-state index in [9.17, 15) is 27.6 Å². The molecule has 1 aromatic rings. The zero-order chi connectivity index (χ0) is 22.4. The van der Waals surface area contributed by atoms with E-state index < -0.39 is 11.7 Å². The second-order valence-electron chi connectivity index (χ2n) is 7.23. The Bertz CT molecular complexity index is 790. The molecule has 3 amide bonds. The number of hydrogen-bond donors (Lipinski definition) is 0. The van der Waals surface area contributed by atoms with Crippen LogP contribution in [0, 0.1) is 0 Å². The van der Waals surface area contributed by atoms with Gasteiger partial charge >= 0.3 is 6.18 Å². The van der Waals surface area contributed by atoms with Gasteiger partial charge in [0.2, 0.25) is 11.8 Å². The second-order valence-corrected chi connectivity index (χ2v) is 8.22. The summed E-state index contributed by atoms with van der Waals surface area (Å²) in [6.07, 6.45) is -4.45. The average Bonchev–Trinajstić information content (AvgIpc) is 2.78. The Balaban J connectivity index is 1.40. The van der Waals surface area contributed by atoms with Crippen molar-refractivity contribution in [2.24, 2.45) is 0 Å². The molecule has 0 aromatic heterocycles. The highest BCUT2D eigenvalue weighted by Gasteiger charge is 2.31. The molecule has 0 spiro atoms. The van der Waals surface area contributed by atoms with Gasteiger partial charge in [0.15, 0.2) is 0 Å². The van der Waals surface area contributed by atoms with Crippen molar-refractivity contribution in [2.75, 3.05) is 64.0 Å². The highest BCUT2D eigenvalue weighted by molar-refractivity contribution is 8.00. The number of nitrogens with zero attached hydrogens (tertiary/aromatic N) is 3. The summed E-state index contributed by atoms with van der Waals surface area (Å²) in [6.45, 7) is 3.53. The Hall–Kier alpha value is -2.27. The minimum Gasteiger partial charge on any atom is -0.378 e. The highest BCUT2D eigenvalue weighted by atomic mass is 32.2. The number of piperazine rings is 1. The Morgan fingerprint density at radius 2 is 1.29 bits per heavy atom. The van der Waals surface area contributed by atoms with Crippen LogP contribution < -0.4 is 0 Å². The van der Waals surface area contributed by atoms with Gasteiger partial charge in [-0.15, -0.1) is 11.8 Å². The first-order chi connectivity index (χ1) is 14.8. The van der Waals surface area contributed by atoms with Gasteiger partial charge in [0.25, 0.3) is 5.91 Å². The first-order valence-electron chi connectivity index (χ1n) is 9.93. The smallest absolute Gasteiger partial charge is 0.378 e. The lowest BCUT2D eigenvalue weighted by Gasteiger charge is -2.35. The van der Waals surface area contributed by atoms with Crippen LogP contribution in [0.1, 0.15) is 15.9 Å². The van der Waals surface area contributed by atoms with Crippen molar-refractivity contribution in [1.82, 2.24) is 14.7 Å². The Morgan fingerprint density at radius 1 is 0.806 bits per heavy atom. The van der Waals surface area contributed by atoms with E-state index in [4.69, 9.17) is 4.74 Å². The topological polar surface area (TPSA) is 70.2 Å². The fourth-order valence-corrected chi connectivity index (χ4v) is 4.18. The largest absolute Gasteiger partial charge is 0.416 e. The molecule has 0 unspecified atom stereocenters. The van der Waals surface area contributed by atoms with Crippen molar-refractivity contribution in [3.05, 3.63) is 35.4 Å². The maximum atomic E-state index is 12.7. The molecule has 0 aliphatic carbocycles. The summed E-state index contributed by atoms with van der Waals surface area (Å²) in [4.78, 5) is 41.9. The molecule has 2 aliphatic heterocycles. The summed E-state index contributed by atoms with van der Waals surface area (Å²) in [5.74, 6) is -0.0399. The zero-order valence-electron chi connectivity index (χ0n) is 16.9. The first-order valence-corrected chi connectivity index (χ1v) is 11.1. The third kappa shape index (κ3) is 6.36. The zero-order valence-corrected chi connectivity index (χ0v) is 17.7. The molecule has 0 bridgehead atoms. The molecule has 2 saturated heterocycles. The van der Waals surface area contributed by atoms with Crippen LogP contribution in [0.15, 0.2) is 24.3 Å². The van der Waals surface area contributed by atoms with Gasteiger partial charge in [-0.05, 0) is 24.3 Å². The number of thioether (sulfide) groups is 1. The second kappa shape index (κ2) is 10.4. The quantitative estimate of drug-likeness (QED) is 0.669. The van der Waals surface area contributed by atoms with Gasteiger partial charge in [0.1, 0.15) is 0 Å². The standard InChI is InChI=1S/C20H24F3N3O4S/c21-20(22,23)16-3-1-15(2-4-16)19(29)26-7-5-24(6-8-26)17(27)13-31-14-18(28)25-9-11-30-12-10-25/h1-4H,5-14H2. The molecule has 0 N–H and O–H groups in total. The predicted molar refractivity (Wildman–Crippen MR) is 109 cm³/mol. The van der Waals surface area contributed by atoms with Gasteiger partial charge in [-0.2, -0.15) is 13.2 Å². The molecule has 2 fully saturated rings. The number of rotatable bonds is 5. The monoisotopic (exact) mass is 459 g/mol. The van der Waals surface area contributed by atoms with Gasteiger partial charge in [0, 0.05) is 44.8 Å². The van der Waals surface area contributed by atoms with E-state index in [0.29, 0.717) is 52.5 Å². The lowest BCUT2D eigenvalue weighted by atomic mass is 10.1. The van der Waals surface area contributed by atoms with Crippen molar-refractivity contribution >= 4 is 29.5 Å². The fraction of sp³-hybridized carbons (Fsp3) is 0.550. The molecule has 0 radical (unpaired) electrons. The minimum absolute atomic E-state index is 0.00643. The van der Waals surface area contributed by atoms with E-state index in [2.05, 4.69) is 0 Å². The Kier molecular flexibility index (Phi) is 7.82. The van der Waals surface area contributed by atoms with Crippen LogP contribution in [0.3, 0.4) is 0 Å². The van der Waals surface area contributed by atoms with Crippen LogP contribution >= 0.6 is 11.8 Å². The molecular formula is C20H24F3N3O4S. The normalized spacial score (nSPS) is 17.6. The summed E-state index contributed by atoms with van der Waals surface area (Å²) >= 11 is 1.27. The van der Waals surface area contributed by atoms with Crippen LogP contribution in [-0.4, -0.2) is 96.4 Å². The maximum Gasteiger partial charge on any atom is 0.416 e. The van der Waals surface area contributed by atoms with E-state index in [1.807, 2.05) is 0 Å². The highest BCUT2D eigenvalue weighted by Crippen LogP contribution is 2.29. The van der Waals surface area contributed by atoms with Crippen molar-refractivity contribution in [3.63, 3.8) is 0 Å². The fourth-order valence-electron chi connectivity index (χ4n) is 3.36. The molecule has 0 atom stereocenters. The summed E-state index contributed by atoms with van der Waals surface area (Å²) in [5, 5.41) is 0. The van der Waals surface area contributed by atoms with Gasteiger partial charge < -0.3 is 19.4 Å². The molecule has 0 saturated carbocycles. The molecule has 31 heavy (non-hydrogen) atoms. The van der Waals surface area contributed by atoms with Crippen molar-refractivity contribution in [3.8, 4) is 0 Å². The van der Waals surface area contributed by atoms with Crippen LogP contribution in [-0.2, 0) is 20.5 Å². The molecule has 11 heteroatoms. The van der Waals surface area contributed by atoms with E-state index in [1.54, 1.807) is 9.80 Å². The van der Waals surface area contributed by atoms with Crippen LogP contribution in [0.25, 0.3) is 0 Å². The number of carbonyl (C=O) groups excluding carboxylic acids is 3. The van der Waals surface area contributed by atoms with Gasteiger partial charge in [0.05, 0.1) is 30.3 Å². The number of benzene rings is 1. The van der Waals surface area contributed by atoms with Gasteiger partial charge in [-0.25, -0.2) is 0 Å². The number of alkyl halides is 3. The summed E-state index contributed by atoms with van der Waals surface area (Å²) in [7, 11) is 0. The Labute approximate surface area is 182 Å². The summed E-state index contributed by atoms with van der Waals surface area (Å²) < 4.78 is 43.2. The van der Waals surface area contributed by atoms with Crippen molar-refractivity contribution < 1.29 is 32.3 Å². The number of ether oxygens (including phenoxy) is 1. The maximum absolute atomic E-state index is 12.7. The lowest BCUT2D eigenvalue weighted by Crippen LogP contribution is -2.51. The van der Waals surface area contributed by atoms with E-state index in [-0.39, 0.29) is 34.8 Å². The first kappa shape index (κ1) is 23.4.